The minimum Gasteiger partial charge on any atom is -0.357 e. The van der Waals surface area contributed by atoms with E-state index in [1.54, 1.807) is 43.3 Å². The van der Waals surface area contributed by atoms with E-state index in [1.807, 2.05) is 19.1 Å². The van der Waals surface area contributed by atoms with Crippen LogP contribution in [-0.2, 0) is 13.1 Å². The second kappa shape index (κ2) is 10.1. The largest absolute Gasteiger partial charge is 0.357 e. The highest BCUT2D eigenvalue weighted by molar-refractivity contribution is 9.10. The van der Waals surface area contributed by atoms with Gasteiger partial charge in [-0.2, -0.15) is 0 Å². The number of nitrogens with zero attached hydrogens (tertiary/aromatic N) is 2. The van der Waals surface area contributed by atoms with E-state index < -0.39 is 0 Å². The lowest BCUT2D eigenvalue weighted by Gasteiger charge is -2.12. The monoisotopic (exact) mass is 434 g/mol. The fourth-order valence-corrected chi connectivity index (χ4v) is 2.79. The van der Waals surface area contributed by atoms with Gasteiger partial charge in [-0.25, -0.2) is 9.38 Å². The number of nitrogens with one attached hydrogen (secondary N) is 2. The van der Waals surface area contributed by atoms with E-state index in [1.165, 1.54) is 6.07 Å². The van der Waals surface area contributed by atoms with Gasteiger partial charge in [0, 0.05) is 42.8 Å². The molecule has 7 heteroatoms. The molecule has 0 aliphatic carbocycles. The molecule has 0 saturated carbocycles. The fraction of sp³-hybridized carbons (Fsp3) is 0.300. The minimum atomic E-state index is -0.261. The van der Waals surface area contributed by atoms with Crippen LogP contribution in [0.15, 0.2) is 51.9 Å². The second-order valence-corrected chi connectivity index (χ2v) is 7.10. The second-order valence-electron chi connectivity index (χ2n) is 6.18. The van der Waals surface area contributed by atoms with Crippen LogP contribution in [0.25, 0.3) is 0 Å². The highest BCUT2D eigenvalue weighted by Crippen LogP contribution is 2.15. The third-order valence-electron chi connectivity index (χ3n) is 3.83. The Morgan fingerprint density at radius 2 is 1.85 bits per heavy atom. The summed E-state index contributed by atoms with van der Waals surface area (Å²) in [7, 11) is 3.45. The van der Waals surface area contributed by atoms with Crippen molar-refractivity contribution in [1.29, 1.82) is 0 Å². The molecule has 0 atom stereocenters. The van der Waals surface area contributed by atoms with Crippen LogP contribution >= 0.6 is 15.9 Å². The van der Waals surface area contributed by atoms with E-state index in [9.17, 15) is 9.18 Å². The van der Waals surface area contributed by atoms with Crippen LogP contribution in [-0.4, -0.2) is 37.4 Å². The maximum Gasteiger partial charge on any atom is 0.253 e. The van der Waals surface area contributed by atoms with E-state index in [-0.39, 0.29) is 11.7 Å². The van der Waals surface area contributed by atoms with Crippen molar-refractivity contribution in [2.75, 3.05) is 20.6 Å². The average Bonchev–Trinajstić information content (AvgIpc) is 2.66. The summed E-state index contributed by atoms with van der Waals surface area (Å²) in [5.74, 6) is 0.309. The average molecular weight is 435 g/mol. The molecule has 0 aliphatic rings. The summed E-state index contributed by atoms with van der Waals surface area (Å²) < 4.78 is 14.7. The van der Waals surface area contributed by atoms with Crippen LogP contribution in [0, 0.1) is 5.82 Å². The molecule has 0 unspecified atom stereocenters. The predicted molar refractivity (Wildman–Crippen MR) is 110 cm³/mol. The van der Waals surface area contributed by atoms with Gasteiger partial charge in [0.25, 0.3) is 5.91 Å². The molecule has 2 N–H and O–H groups in total. The van der Waals surface area contributed by atoms with Gasteiger partial charge < -0.3 is 15.5 Å². The van der Waals surface area contributed by atoms with E-state index in [2.05, 4.69) is 31.6 Å². The van der Waals surface area contributed by atoms with Gasteiger partial charge >= 0.3 is 0 Å². The van der Waals surface area contributed by atoms with Crippen molar-refractivity contribution in [1.82, 2.24) is 15.5 Å². The smallest absolute Gasteiger partial charge is 0.253 e. The third-order valence-corrected chi connectivity index (χ3v) is 4.32. The van der Waals surface area contributed by atoms with Crippen LogP contribution in [0.1, 0.15) is 28.4 Å². The van der Waals surface area contributed by atoms with Crippen molar-refractivity contribution >= 4 is 27.8 Å². The topological polar surface area (TPSA) is 56.7 Å². The molecule has 0 aromatic heterocycles. The van der Waals surface area contributed by atoms with Crippen molar-refractivity contribution < 1.29 is 9.18 Å². The van der Waals surface area contributed by atoms with Crippen LogP contribution in [0.3, 0.4) is 0 Å². The summed E-state index contributed by atoms with van der Waals surface area (Å²) in [6, 6.07) is 12.2. The van der Waals surface area contributed by atoms with E-state index in [0.717, 1.165) is 10.0 Å². The number of hydrogen-bond donors (Lipinski definition) is 2. The van der Waals surface area contributed by atoms with Crippen LogP contribution in [0.5, 0.6) is 0 Å². The Morgan fingerprint density at radius 3 is 2.48 bits per heavy atom. The summed E-state index contributed by atoms with van der Waals surface area (Å²) in [5.41, 5.74) is 2.18. The molecule has 1 amide bonds. The van der Waals surface area contributed by atoms with Crippen LogP contribution in [0.4, 0.5) is 4.39 Å². The van der Waals surface area contributed by atoms with Gasteiger partial charge in [0.05, 0.1) is 6.54 Å². The molecule has 2 rings (SSSR count). The Hall–Kier alpha value is -2.41. The Labute approximate surface area is 167 Å². The first-order valence-electron chi connectivity index (χ1n) is 8.67. The number of guanidine groups is 1. The predicted octanol–water partition coefficient (Wildman–Crippen LogP) is 3.55. The number of carbonyl (C=O) groups is 1. The first-order chi connectivity index (χ1) is 12.9. The number of aliphatic imine (C=N–C) groups is 1. The summed E-state index contributed by atoms with van der Waals surface area (Å²) >= 11 is 3.35. The van der Waals surface area contributed by atoms with Crippen molar-refractivity contribution in [3.8, 4) is 0 Å². The minimum absolute atomic E-state index is 0.0314. The molecule has 27 heavy (non-hydrogen) atoms. The molecule has 2 aromatic rings. The highest BCUT2D eigenvalue weighted by Gasteiger charge is 2.07. The number of halogens is 2. The Balaban J connectivity index is 2.02. The Kier molecular flexibility index (Phi) is 7.79. The summed E-state index contributed by atoms with van der Waals surface area (Å²) in [5, 5.41) is 6.28. The number of amides is 1. The maximum atomic E-state index is 13.9. The number of benzene rings is 2. The molecule has 0 radical (unpaired) electrons. The number of carbonyl (C=O) groups excluding carboxylic acids is 1. The van der Waals surface area contributed by atoms with E-state index in [4.69, 9.17) is 0 Å². The summed E-state index contributed by atoms with van der Waals surface area (Å²) in [4.78, 5) is 18.0. The third kappa shape index (κ3) is 6.36. The molecule has 2 aromatic carbocycles. The first kappa shape index (κ1) is 20.9. The fourth-order valence-electron chi connectivity index (χ4n) is 2.38. The van der Waals surface area contributed by atoms with E-state index in [0.29, 0.717) is 36.7 Å². The lowest BCUT2D eigenvalue weighted by Crippen LogP contribution is -2.37. The molecule has 0 fully saturated rings. The maximum absolute atomic E-state index is 13.9. The van der Waals surface area contributed by atoms with Gasteiger partial charge in [0.1, 0.15) is 5.82 Å². The van der Waals surface area contributed by atoms with Gasteiger partial charge in [-0.05, 0) is 42.8 Å². The molecule has 0 bridgehead atoms. The van der Waals surface area contributed by atoms with Gasteiger partial charge in [-0.1, -0.05) is 28.1 Å². The van der Waals surface area contributed by atoms with Crippen molar-refractivity contribution in [2.24, 2.45) is 4.99 Å². The van der Waals surface area contributed by atoms with Crippen LogP contribution in [0.2, 0.25) is 0 Å². The summed E-state index contributed by atoms with van der Waals surface area (Å²) in [6.07, 6.45) is 0. The highest BCUT2D eigenvalue weighted by atomic mass is 79.9. The normalized spacial score (nSPS) is 11.2. The Morgan fingerprint density at radius 1 is 1.15 bits per heavy atom. The summed E-state index contributed by atoms with van der Waals surface area (Å²) in [6.45, 7) is 3.45. The zero-order valence-corrected chi connectivity index (χ0v) is 17.3. The Bertz CT molecular complexity index is 806. The van der Waals surface area contributed by atoms with Gasteiger partial charge in [0.15, 0.2) is 5.96 Å². The first-order valence-corrected chi connectivity index (χ1v) is 9.46. The zero-order chi connectivity index (χ0) is 19.8. The molecule has 5 nitrogen and oxygen atoms in total. The lowest BCUT2D eigenvalue weighted by atomic mass is 10.1. The van der Waals surface area contributed by atoms with Gasteiger partial charge in [0.2, 0.25) is 0 Å². The van der Waals surface area contributed by atoms with Gasteiger partial charge in [-0.15, -0.1) is 0 Å². The molecule has 0 heterocycles. The SMILES string of the molecule is CCNC(=NCc1ccc(C(=O)N(C)C)cc1)NCc1cc(Br)ccc1F. The van der Waals surface area contributed by atoms with Crippen molar-refractivity contribution in [3.63, 3.8) is 0 Å². The van der Waals surface area contributed by atoms with Crippen molar-refractivity contribution in [2.45, 2.75) is 20.0 Å². The lowest BCUT2D eigenvalue weighted by molar-refractivity contribution is 0.0827. The number of hydrogen-bond acceptors (Lipinski definition) is 2. The van der Waals surface area contributed by atoms with Gasteiger partial charge in [-0.3, -0.25) is 4.79 Å². The number of rotatable bonds is 6. The zero-order valence-electron chi connectivity index (χ0n) is 15.7. The molecular weight excluding hydrogens is 411 g/mol. The molecular formula is C20H24BrFN4O. The van der Waals surface area contributed by atoms with Crippen LogP contribution < -0.4 is 10.6 Å². The molecule has 0 saturated heterocycles. The molecule has 0 spiro atoms. The quantitative estimate of drug-likeness (QED) is 0.539. The van der Waals surface area contributed by atoms with Crippen molar-refractivity contribution in [3.05, 3.63) is 69.4 Å². The standard InChI is InChI=1S/C20H24BrFN4O/c1-4-23-20(25-13-16-11-17(21)9-10-18(16)22)24-12-14-5-7-15(8-6-14)19(27)26(2)3/h5-11H,4,12-13H2,1-3H3,(H2,23,24,25). The van der Waals surface area contributed by atoms with E-state index >= 15 is 0 Å². The molecule has 144 valence electrons. The molecule has 0 aliphatic heterocycles.